The lowest BCUT2D eigenvalue weighted by molar-refractivity contribution is 0.619. The van der Waals surface area contributed by atoms with Gasteiger partial charge in [0.25, 0.3) is 0 Å². The summed E-state index contributed by atoms with van der Waals surface area (Å²) in [6, 6.07) is 13.6. The van der Waals surface area contributed by atoms with E-state index in [0.29, 0.717) is 12.1 Å². The summed E-state index contributed by atoms with van der Waals surface area (Å²) >= 11 is 0. The predicted octanol–water partition coefficient (Wildman–Crippen LogP) is 4.55. The lowest BCUT2D eigenvalue weighted by Crippen LogP contribution is -2.06. The third kappa shape index (κ3) is 2.40. The zero-order valence-corrected chi connectivity index (χ0v) is 12.6. The molecule has 0 saturated heterocycles. The molecule has 0 aliphatic rings. The summed E-state index contributed by atoms with van der Waals surface area (Å²) in [4.78, 5) is 0. The van der Waals surface area contributed by atoms with Crippen LogP contribution in [0.1, 0.15) is 16.8 Å². The van der Waals surface area contributed by atoms with Crippen molar-refractivity contribution in [2.75, 3.05) is 5.32 Å². The number of hydrogen-bond donors (Lipinski definition) is 1. The van der Waals surface area contributed by atoms with E-state index < -0.39 is 0 Å². The average molecular weight is 282 g/mol. The molecule has 3 heteroatoms. The third-order valence-corrected chi connectivity index (χ3v) is 4.14. The average Bonchev–Trinajstić information content (AvgIpc) is 2.73. The molecule has 21 heavy (non-hydrogen) atoms. The highest BCUT2D eigenvalue weighted by atomic mass is 19.1. The number of halogens is 1. The van der Waals surface area contributed by atoms with Crippen LogP contribution in [0.2, 0.25) is 0 Å². The molecule has 0 radical (unpaired) electrons. The van der Waals surface area contributed by atoms with E-state index in [2.05, 4.69) is 42.1 Å². The molecule has 0 spiro atoms. The Labute approximate surface area is 124 Å². The third-order valence-electron chi connectivity index (χ3n) is 4.14. The van der Waals surface area contributed by atoms with Crippen molar-refractivity contribution >= 4 is 16.6 Å². The highest BCUT2D eigenvalue weighted by Gasteiger charge is 2.10. The normalized spacial score (nSPS) is 11.0. The summed E-state index contributed by atoms with van der Waals surface area (Å²) in [6.45, 7) is 4.59. The summed E-state index contributed by atoms with van der Waals surface area (Å²) in [6.07, 6.45) is 0. The first-order valence-electron chi connectivity index (χ1n) is 7.11. The minimum absolute atomic E-state index is 0.172. The molecule has 0 bridgehead atoms. The van der Waals surface area contributed by atoms with Gasteiger partial charge in [-0.2, -0.15) is 0 Å². The molecule has 108 valence electrons. The van der Waals surface area contributed by atoms with Crippen molar-refractivity contribution in [3.8, 4) is 0 Å². The Bertz CT molecular complexity index is 763. The summed E-state index contributed by atoms with van der Waals surface area (Å²) in [7, 11) is 2.07. The molecule has 1 N–H and O–H groups in total. The highest BCUT2D eigenvalue weighted by Crippen LogP contribution is 2.25. The maximum absolute atomic E-state index is 13.6. The molecule has 0 atom stereocenters. The van der Waals surface area contributed by atoms with Crippen LogP contribution in [0.5, 0.6) is 0 Å². The maximum Gasteiger partial charge on any atom is 0.128 e. The van der Waals surface area contributed by atoms with Gasteiger partial charge in [-0.1, -0.05) is 24.3 Å². The highest BCUT2D eigenvalue weighted by molar-refractivity contribution is 5.85. The molecule has 0 amide bonds. The van der Waals surface area contributed by atoms with Gasteiger partial charge in [-0.05, 0) is 43.2 Å². The molecule has 2 nitrogen and oxygen atoms in total. The van der Waals surface area contributed by atoms with E-state index in [0.717, 1.165) is 5.69 Å². The number of nitrogens with one attached hydrogen (secondary N) is 1. The molecule has 0 aliphatic heterocycles. The van der Waals surface area contributed by atoms with Gasteiger partial charge in [-0.15, -0.1) is 0 Å². The van der Waals surface area contributed by atoms with E-state index in [1.807, 2.05) is 12.1 Å². The van der Waals surface area contributed by atoms with Gasteiger partial charge in [0.2, 0.25) is 0 Å². The molecular weight excluding hydrogens is 263 g/mol. The van der Waals surface area contributed by atoms with E-state index in [-0.39, 0.29) is 5.82 Å². The number of para-hydroxylation sites is 1. The van der Waals surface area contributed by atoms with Gasteiger partial charge < -0.3 is 9.88 Å². The van der Waals surface area contributed by atoms with Crippen molar-refractivity contribution in [2.45, 2.75) is 20.4 Å². The molecule has 1 aromatic heterocycles. The van der Waals surface area contributed by atoms with E-state index in [4.69, 9.17) is 0 Å². The molecule has 0 saturated carbocycles. The Morgan fingerprint density at radius 2 is 1.86 bits per heavy atom. The number of fused-ring (bicyclic) bond motifs is 1. The van der Waals surface area contributed by atoms with Gasteiger partial charge in [0.05, 0.1) is 6.54 Å². The zero-order valence-electron chi connectivity index (χ0n) is 12.6. The molecule has 3 rings (SSSR count). The molecule has 2 aromatic carbocycles. The quantitative estimate of drug-likeness (QED) is 0.746. The standard InChI is InChI=1S/C18H19FN2/c1-12-8-9-14(10-16(12)19)20-11-18-13(2)15-6-4-5-7-17(15)21(18)3/h4-10,20H,11H2,1-3H3. The smallest absolute Gasteiger partial charge is 0.128 e. The SMILES string of the molecule is Cc1ccc(NCc2c(C)c3ccccc3n2C)cc1F. The van der Waals surface area contributed by atoms with Gasteiger partial charge in [0, 0.05) is 29.3 Å². The van der Waals surface area contributed by atoms with Crippen LogP contribution >= 0.6 is 0 Å². The second-order valence-electron chi connectivity index (χ2n) is 5.47. The van der Waals surface area contributed by atoms with E-state index in [1.165, 1.54) is 22.2 Å². The number of aromatic nitrogens is 1. The molecular formula is C18H19FN2. The molecule has 0 aliphatic carbocycles. The fraction of sp³-hybridized carbons (Fsp3) is 0.222. The number of rotatable bonds is 3. The van der Waals surface area contributed by atoms with E-state index in [9.17, 15) is 4.39 Å². The first kappa shape index (κ1) is 13.7. The van der Waals surface area contributed by atoms with Gasteiger partial charge in [0.15, 0.2) is 0 Å². The fourth-order valence-corrected chi connectivity index (χ4v) is 2.78. The first-order chi connectivity index (χ1) is 10.1. The maximum atomic E-state index is 13.6. The summed E-state index contributed by atoms with van der Waals surface area (Å²) < 4.78 is 15.8. The Morgan fingerprint density at radius 1 is 1.10 bits per heavy atom. The largest absolute Gasteiger partial charge is 0.379 e. The van der Waals surface area contributed by atoms with Crippen molar-refractivity contribution in [1.29, 1.82) is 0 Å². The molecule has 1 heterocycles. The van der Waals surface area contributed by atoms with Crippen LogP contribution in [0.4, 0.5) is 10.1 Å². The number of anilines is 1. The van der Waals surface area contributed by atoms with Gasteiger partial charge in [-0.3, -0.25) is 0 Å². The van der Waals surface area contributed by atoms with E-state index in [1.54, 1.807) is 19.1 Å². The van der Waals surface area contributed by atoms with Crippen LogP contribution < -0.4 is 5.32 Å². The fourth-order valence-electron chi connectivity index (χ4n) is 2.78. The number of aryl methyl sites for hydroxylation is 3. The van der Waals surface area contributed by atoms with Crippen molar-refractivity contribution in [3.63, 3.8) is 0 Å². The summed E-state index contributed by atoms with van der Waals surface area (Å²) in [5, 5.41) is 4.58. The van der Waals surface area contributed by atoms with Crippen LogP contribution in [-0.4, -0.2) is 4.57 Å². The number of benzene rings is 2. The lowest BCUT2D eigenvalue weighted by atomic mass is 10.1. The van der Waals surface area contributed by atoms with E-state index >= 15 is 0 Å². The van der Waals surface area contributed by atoms with Crippen LogP contribution in [0.3, 0.4) is 0 Å². The monoisotopic (exact) mass is 282 g/mol. The van der Waals surface area contributed by atoms with Gasteiger partial charge in [0.1, 0.15) is 5.82 Å². The Balaban J connectivity index is 1.90. The lowest BCUT2D eigenvalue weighted by Gasteiger charge is -2.10. The Kier molecular flexibility index (Phi) is 3.42. The molecule has 0 unspecified atom stereocenters. The van der Waals surface area contributed by atoms with Crippen LogP contribution in [0.25, 0.3) is 10.9 Å². The van der Waals surface area contributed by atoms with Crippen molar-refractivity contribution in [1.82, 2.24) is 4.57 Å². The van der Waals surface area contributed by atoms with Crippen molar-refractivity contribution < 1.29 is 4.39 Å². The van der Waals surface area contributed by atoms with Crippen LogP contribution in [0, 0.1) is 19.7 Å². The summed E-state index contributed by atoms with van der Waals surface area (Å²) in [5.74, 6) is -0.172. The van der Waals surface area contributed by atoms with Crippen LogP contribution in [0.15, 0.2) is 42.5 Å². The second kappa shape index (κ2) is 5.24. The molecule has 0 fully saturated rings. The predicted molar refractivity (Wildman–Crippen MR) is 86.1 cm³/mol. The van der Waals surface area contributed by atoms with Gasteiger partial charge in [-0.25, -0.2) is 4.39 Å². The Hall–Kier alpha value is -2.29. The van der Waals surface area contributed by atoms with Crippen molar-refractivity contribution in [3.05, 3.63) is 65.1 Å². The first-order valence-corrected chi connectivity index (χ1v) is 7.11. The van der Waals surface area contributed by atoms with Crippen LogP contribution in [-0.2, 0) is 13.6 Å². The zero-order chi connectivity index (χ0) is 15.0. The number of nitrogens with zero attached hydrogens (tertiary/aromatic N) is 1. The topological polar surface area (TPSA) is 17.0 Å². The van der Waals surface area contributed by atoms with Crippen molar-refractivity contribution in [2.24, 2.45) is 7.05 Å². The van der Waals surface area contributed by atoms with Gasteiger partial charge >= 0.3 is 0 Å². The molecule has 3 aromatic rings. The Morgan fingerprint density at radius 3 is 2.57 bits per heavy atom. The minimum Gasteiger partial charge on any atom is -0.379 e. The summed E-state index contributed by atoms with van der Waals surface area (Å²) in [5.41, 5.74) is 5.19. The minimum atomic E-state index is -0.172. The second-order valence-corrected chi connectivity index (χ2v) is 5.47. The number of hydrogen-bond acceptors (Lipinski definition) is 1.